The Morgan fingerprint density at radius 2 is 1.85 bits per heavy atom. The third-order valence-electron chi connectivity index (χ3n) is 3.70. The van der Waals surface area contributed by atoms with Crippen LogP contribution >= 0.6 is 15.9 Å². The van der Waals surface area contributed by atoms with E-state index in [2.05, 4.69) is 31.8 Å². The molecule has 1 unspecified atom stereocenters. The minimum absolute atomic E-state index is 0.0968. The first-order valence-electron chi connectivity index (χ1n) is 8.16. The van der Waals surface area contributed by atoms with E-state index in [0.29, 0.717) is 10.0 Å². The molecule has 0 aliphatic carbocycles. The second kappa shape index (κ2) is 9.27. The number of carbonyl (C=O) groups is 2. The van der Waals surface area contributed by atoms with Gasteiger partial charge in [-0.2, -0.15) is 5.10 Å². The Kier molecular flexibility index (Phi) is 7.06. The number of phenols is 1. The van der Waals surface area contributed by atoms with Crippen LogP contribution in [0.25, 0.3) is 0 Å². The quantitative estimate of drug-likeness (QED) is 0.480. The molecule has 6 nitrogen and oxygen atoms in total. The zero-order chi connectivity index (χ0) is 20.0. The Bertz CT molecular complexity index is 854. The van der Waals surface area contributed by atoms with Gasteiger partial charge in [0.2, 0.25) is 0 Å². The van der Waals surface area contributed by atoms with Gasteiger partial charge in [0.1, 0.15) is 17.6 Å². The molecule has 0 radical (unpaired) electrons. The van der Waals surface area contributed by atoms with Crippen molar-refractivity contribution in [2.45, 2.75) is 19.9 Å². The third-order valence-corrected chi connectivity index (χ3v) is 4.34. The van der Waals surface area contributed by atoms with E-state index in [4.69, 9.17) is 0 Å². The van der Waals surface area contributed by atoms with E-state index in [0.717, 1.165) is 0 Å². The van der Waals surface area contributed by atoms with Gasteiger partial charge >= 0.3 is 0 Å². The lowest BCUT2D eigenvalue weighted by molar-refractivity contribution is -0.123. The van der Waals surface area contributed by atoms with Gasteiger partial charge in [0, 0.05) is 5.56 Å². The second-order valence-corrected chi connectivity index (χ2v) is 7.00. The number of hydrogen-bond donors (Lipinski definition) is 3. The fourth-order valence-corrected chi connectivity index (χ4v) is 2.60. The summed E-state index contributed by atoms with van der Waals surface area (Å²) in [6.07, 6.45) is 1.42. The molecule has 1 atom stereocenters. The van der Waals surface area contributed by atoms with E-state index in [9.17, 15) is 19.1 Å². The predicted molar refractivity (Wildman–Crippen MR) is 104 cm³/mol. The summed E-state index contributed by atoms with van der Waals surface area (Å²) >= 11 is 3.19. The lowest BCUT2D eigenvalue weighted by atomic mass is 10.0. The molecule has 2 aromatic carbocycles. The molecule has 0 saturated heterocycles. The van der Waals surface area contributed by atoms with Crippen LogP contribution in [0.4, 0.5) is 4.39 Å². The summed E-state index contributed by atoms with van der Waals surface area (Å²) in [4.78, 5) is 24.6. The molecule has 27 heavy (non-hydrogen) atoms. The summed E-state index contributed by atoms with van der Waals surface area (Å²) in [5.41, 5.74) is 3.31. The highest BCUT2D eigenvalue weighted by Crippen LogP contribution is 2.23. The van der Waals surface area contributed by atoms with Crippen molar-refractivity contribution < 1.29 is 19.1 Å². The van der Waals surface area contributed by atoms with Crippen LogP contribution in [-0.4, -0.2) is 29.2 Å². The predicted octanol–water partition coefficient (Wildman–Crippen LogP) is 3.20. The first-order chi connectivity index (χ1) is 12.8. The van der Waals surface area contributed by atoms with Crippen LogP contribution in [0.2, 0.25) is 0 Å². The number of nitrogens with one attached hydrogen (secondary N) is 2. The van der Waals surface area contributed by atoms with E-state index in [1.807, 2.05) is 0 Å². The molecule has 0 aliphatic rings. The lowest BCUT2D eigenvalue weighted by Gasteiger charge is -2.20. The number of aromatic hydroxyl groups is 1. The maximum atomic E-state index is 13.0. The van der Waals surface area contributed by atoms with Crippen molar-refractivity contribution in [2.75, 3.05) is 0 Å². The molecule has 0 heterocycles. The highest BCUT2D eigenvalue weighted by Gasteiger charge is 2.24. The van der Waals surface area contributed by atoms with Gasteiger partial charge in [-0.1, -0.05) is 13.8 Å². The van der Waals surface area contributed by atoms with Crippen molar-refractivity contribution in [3.8, 4) is 5.75 Å². The molecule has 2 amide bonds. The minimum atomic E-state index is -0.814. The van der Waals surface area contributed by atoms with Gasteiger partial charge in [0.05, 0.1) is 10.7 Å². The van der Waals surface area contributed by atoms with Gasteiger partial charge < -0.3 is 10.4 Å². The van der Waals surface area contributed by atoms with Crippen LogP contribution in [0.3, 0.4) is 0 Å². The number of carbonyl (C=O) groups excluding carboxylic acids is 2. The molecule has 2 rings (SSSR count). The SMILES string of the molecule is CC(C)C(NC(=O)c1ccc(F)cc1)C(=O)N/N=C/c1ccc(O)c(Br)c1. The fraction of sp³-hybridized carbons (Fsp3) is 0.211. The number of rotatable bonds is 6. The highest BCUT2D eigenvalue weighted by molar-refractivity contribution is 9.10. The Balaban J connectivity index is 2.01. The Morgan fingerprint density at radius 3 is 2.44 bits per heavy atom. The van der Waals surface area contributed by atoms with E-state index >= 15 is 0 Å². The van der Waals surface area contributed by atoms with Crippen LogP contribution in [0.15, 0.2) is 52.0 Å². The summed E-state index contributed by atoms with van der Waals surface area (Å²) in [6, 6.07) is 9.01. The lowest BCUT2D eigenvalue weighted by Crippen LogP contribution is -2.48. The van der Waals surface area contributed by atoms with Crippen LogP contribution in [0.5, 0.6) is 5.75 Å². The van der Waals surface area contributed by atoms with Crippen molar-refractivity contribution in [1.29, 1.82) is 0 Å². The number of hydrazone groups is 1. The van der Waals surface area contributed by atoms with Crippen molar-refractivity contribution in [1.82, 2.24) is 10.7 Å². The zero-order valence-electron chi connectivity index (χ0n) is 14.7. The Labute approximate surface area is 164 Å². The highest BCUT2D eigenvalue weighted by atomic mass is 79.9. The minimum Gasteiger partial charge on any atom is -0.507 e. The standard InChI is InChI=1S/C19H19BrFN3O3/c1-11(2)17(23-18(26)13-4-6-14(21)7-5-13)19(27)24-22-10-12-3-8-16(25)15(20)9-12/h3-11,17,25H,1-2H3,(H,23,26)(H,24,27)/b22-10+. The van der Waals surface area contributed by atoms with Gasteiger partial charge in [-0.3, -0.25) is 9.59 Å². The monoisotopic (exact) mass is 435 g/mol. The maximum Gasteiger partial charge on any atom is 0.262 e. The van der Waals surface area contributed by atoms with Gasteiger partial charge in [-0.05, 0) is 69.9 Å². The van der Waals surface area contributed by atoms with Crippen LogP contribution in [0.1, 0.15) is 29.8 Å². The molecule has 0 aromatic heterocycles. The molecule has 0 bridgehead atoms. The molecule has 142 valence electrons. The summed E-state index contributed by atoms with van der Waals surface area (Å²) < 4.78 is 13.5. The summed E-state index contributed by atoms with van der Waals surface area (Å²) in [6.45, 7) is 3.58. The number of nitrogens with zero attached hydrogens (tertiary/aromatic N) is 1. The smallest absolute Gasteiger partial charge is 0.262 e. The first kappa shape index (κ1) is 20.6. The number of hydrogen-bond acceptors (Lipinski definition) is 4. The van der Waals surface area contributed by atoms with Crippen LogP contribution < -0.4 is 10.7 Å². The number of amides is 2. The van der Waals surface area contributed by atoms with Crippen molar-refractivity contribution in [2.24, 2.45) is 11.0 Å². The van der Waals surface area contributed by atoms with Crippen molar-refractivity contribution in [3.63, 3.8) is 0 Å². The number of phenolic OH excluding ortho intramolecular Hbond substituents is 1. The van der Waals surface area contributed by atoms with Gasteiger partial charge in [0.25, 0.3) is 11.8 Å². The largest absolute Gasteiger partial charge is 0.507 e. The molecular weight excluding hydrogens is 417 g/mol. The van der Waals surface area contributed by atoms with Crippen molar-refractivity contribution >= 4 is 34.0 Å². The fourth-order valence-electron chi connectivity index (χ4n) is 2.20. The molecule has 0 fully saturated rings. The van der Waals surface area contributed by atoms with E-state index in [-0.39, 0.29) is 17.2 Å². The molecule has 8 heteroatoms. The first-order valence-corrected chi connectivity index (χ1v) is 8.95. The van der Waals surface area contributed by atoms with Gasteiger partial charge in [-0.15, -0.1) is 0 Å². The van der Waals surface area contributed by atoms with Gasteiger partial charge in [-0.25, -0.2) is 9.82 Å². The van der Waals surface area contributed by atoms with E-state index < -0.39 is 23.7 Å². The second-order valence-electron chi connectivity index (χ2n) is 6.15. The Hall–Kier alpha value is -2.74. The zero-order valence-corrected chi connectivity index (χ0v) is 16.3. The molecule has 0 spiro atoms. The van der Waals surface area contributed by atoms with Gasteiger partial charge in [0.15, 0.2) is 0 Å². The third kappa shape index (κ3) is 5.89. The molecule has 0 saturated carbocycles. The molecule has 0 aliphatic heterocycles. The summed E-state index contributed by atoms with van der Waals surface area (Å²) in [5.74, 6) is -1.49. The van der Waals surface area contributed by atoms with Crippen LogP contribution in [0, 0.1) is 11.7 Å². The molecule has 2 aromatic rings. The van der Waals surface area contributed by atoms with E-state index in [1.54, 1.807) is 26.0 Å². The molecule has 3 N–H and O–H groups in total. The number of halogens is 2. The normalized spacial score (nSPS) is 12.2. The topological polar surface area (TPSA) is 90.8 Å². The maximum absolute atomic E-state index is 13.0. The average molecular weight is 436 g/mol. The molecular formula is C19H19BrFN3O3. The number of benzene rings is 2. The summed E-state index contributed by atoms with van der Waals surface area (Å²) in [7, 11) is 0. The summed E-state index contributed by atoms with van der Waals surface area (Å²) in [5, 5.41) is 16.0. The Morgan fingerprint density at radius 1 is 1.19 bits per heavy atom. The van der Waals surface area contributed by atoms with Crippen LogP contribution in [-0.2, 0) is 4.79 Å². The average Bonchev–Trinajstić information content (AvgIpc) is 2.62. The van der Waals surface area contributed by atoms with E-state index in [1.165, 1.54) is 36.5 Å². The van der Waals surface area contributed by atoms with Crippen molar-refractivity contribution in [3.05, 3.63) is 63.9 Å².